The minimum absolute atomic E-state index is 0.0851. The molecule has 0 aliphatic carbocycles. The van der Waals surface area contributed by atoms with Crippen molar-refractivity contribution in [2.75, 3.05) is 24.5 Å². The molecule has 1 aromatic heterocycles. The molecule has 1 aromatic rings. The molecule has 1 aliphatic heterocycles. The average molecular weight is 315 g/mol. The lowest BCUT2D eigenvalue weighted by atomic mass is 10.1. The maximum absolute atomic E-state index is 11.9. The Hall–Kier alpha value is -0.880. The minimum Gasteiger partial charge on any atom is -0.368 e. The summed E-state index contributed by atoms with van der Waals surface area (Å²) in [4.78, 5) is 14.1. The lowest BCUT2D eigenvalue weighted by molar-refractivity contribution is 0.430. The third kappa shape index (κ3) is 2.75. The van der Waals surface area contributed by atoms with Crippen molar-refractivity contribution in [1.29, 1.82) is 0 Å². The number of hydrogen-bond acceptors (Lipinski definition) is 4. The van der Waals surface area contributed by atoms with E-state index in [0.29, 0.717) is 10.5 Å². The second-order valence-corrected chi connectivity index (χ2v) is 5.41. The molecule has 1 atom stereocenters. The van der Waals surface area contributed by atoms with Crippen LogP contribution in [0.15, 0.2) is 15.5 Å². The molecular weight excluding hydrogens is 296 g/mol. The first-order chi connectivity index (χ1) is 8.63. The summed E-state index contributed by atoms with van der Waals surface area (Å²) in [6.45, 7) is 5.01. The van der Waals surface area contributed by atoms with E-state index in [1.54, 1.807) is 13.2 Å². The summed E-state index contributed by atoms with van der Waals surface area (Å²) in [5.74, 6) is 0. The molecule has 0 saturated carbocycles. The molecule has 0 radical (unpaired) electrons. The molecule has 1 saturated heterocycles. The van der Waals surface area contributed by atoms with Crippen molar-refractivity contribution >= 4 is 21.6 Å². The van der Waals surface area contributed by atoms with Crippen LogP contribution in [-0.4, -0.2) is 35.5 Å². The van der Waals surface area contributed by atoms with Crippen LogP contribution in [0.1, 0.15) is 19.8 Å². The maximum Gasteiger partial charge on any atom is 0.282 e. The number of likely N-dealkylation sites (N-methyl/N-ethyl adjacent to an activating group) is 1. The monoisotopic (exact) mass is 314 g/mol. The van der Waals surface area contributed by atoms with Crippen LogP contribution in [0.4, 0.5) is 5.69 Å². The Labute approximate surface area is 115 Å². The molecule has 6 heteroatoms. The number of nitrogens with zero attached hydrogens (tertiary/aromatic N) is 3. The third-order valence-corrected chi connectivity index (χ3v) is 4.06. The molecule has 5 nitrogen and oxygen atoms in total. The van der Waals surface area contributed by atoms with Crippen LogP contribution < -0.4 is 15.8 Å². The van der Waals surface area contributed by atoms with Gasteiger partial charge in [-0.1, -0.05) is 6.92 Å². The number of rotatable bonds is 3. The van der Waals surface area contributed by atoms with E-state index in [1.165, 1.54) is 11.1 Å². The fourth-order valence-electron chi connectivity index (χ4n) is 2.37. The quantitative estimate of drug-likeness (QED) is 0.908. The van der Waals surface area contributed by atoms with Gasteiger partial charge in [0.1, 0.15) is 4.47 Å². The molecule has 2 rings (SSSR count). The predicted octanol–water partition coefficient (Wildman–Crippen LogP) is 1.12. The first kappa shape index (κ1) is 13.5. The van der Waals surface area contributed by atoms with E-state index in [2.05, 4.69) is 38.2 Å². The molecule has 1 N–H and O–H groups in total. The van der Waals surface area contributed by atoms with Gasteiger partial charge < -0.3 is 10.2 Å². The van der Waals surface area contributed by atoms with Crippen molar-refractivity contribution in [2.24, 2.45) is 7.05 Å². The predicted molar refractivity (Wildman–Crippen MR) is 76.1 cm³/mol. The lowest BCUT2D eigenvalue weighted by Crippen LogP contribution is -2.46. The Morgan fingerprint density at radius 2 is 2.39 bits per heavy atom. The van der Waals surface area contributed by atoms with Crippen molar-refractivity contribution in [3.8, 4) is 0 Å². The number of aromatic nitrogens is 2. The SMILES string of the molecule is CCNC1CCCN(c2cnn(C)c(=O)c2Br)C1. The highest BCUT2D eigenvalue weighted by Crippen LogP contribution is 2.24. The molecule has 0 aromatic carbocycles. The molecule has 100 valence electrons. The third-order valence-electron chi connectivity index (χ3n) is 3.31. The zero-order chi connectivity index (χ0) is 13.1. The zero-order valence-electron chi connectivity index (χ0n) is 10.8. The number of piperidine rings is 1. The Kier molecular flexibility index (Phi) is 4.40. The van der Waals surface area contributed by atoms with Crippen LogP contribution in [0.2, 0.25) is 0 Å². The summed E-state index contributed by atoms with van der Waals surface area (Å²) in [6, 6.07) is 0.500. The largest absolute Gasteiger partial charge is 0.368 e. The van der Waals surface area contributed by atoms with Gasteiger partial charge in [0.05, 0.1) is 11.9 Å². The van der Waals surface area contributed by atoms with Gasteiger partial charge in [-0.2, -0.15) is 5.10 Å². The van der Waals surface area contributed by atoms with Crippen LogP contribution >= 0.6 is 15.9 Å². The fraction of sp³-hybridized carbons (Fsp3) is 0.667. The van der Waals surface area contributed by atoms with E-state index < -0.39 is 0 Å². The first-order valence-electron chi connectivity index (χ1n) is 6.33. The van der Waals surface area contributed by atoms with Crippen molar-refractivity contribution in [2.45, 2.75) is 25.8 Å². The van der Waals surface area contributed by atoms with Gasteiger partial charge in [-0.3, -0.25) is 4.79 Å². The van der Waals surface area contributed by atoms with Gasteiger partial charge in [0.2, 0.25) is 0 Å². The Bertz CT molecular complexity index is 472. The van der Waals surface area contributed by atoms with Gasteiger partial charge in [0, 0.05) is 26.2 Å². The lowest BCUT2D eigenvalue weighted by Gasteiger charge is -2.34. The molecule has 1 aliphatic rings. The van der Waals surface area contributed by atoms with Crippen LogP contribution in [0.25, 0.3) is 0 Å². The van der Waals surface area contributed by atoms with E-state index in [4.69, 9.17) is 0 Å². The molecule has 0 bridgehead atoms. The van der Waals surface area contributed by atoms with Crippen LogP contribution in [0.5, 0.6) is 0 Å². The summed E-state index contributed by atoms with van der Waals surface area (Å²) >= 11 is 3.39. The molecule has 1 unspecified atom stereocenters. The molecule has 1 fully saturated rings. The number of hydrogen-bond donors (Lipinski definition) is 1. The van der Waals surface area contributed by atoms with E-state index in [-0.39, 0.29) is 5.56 Å². The van der Waals surface area contributed by atoms with Crippen molar-refractivity contribution in [1.82, 2.24) is 15.1 Å². The highest BCUT2D eigenvalue weighted by molar-refractivity contribution is 9.10. The van der Waals surface area contributed by atoms with Crippen molar-refractivity contribution < 1.29 is 0 Å². The van der Waals surface area contributed by atoms with E-state index in [0.717, 1.165) is 31.7 Å². The van der Waals surface area contributed by atoms with Crippen molar-refractivity contribution in [3.05, 3.63) is 21.0 Å². The van der Waals surface area contributed by atoms with Gasteiger partial charge in [-0.15, -0.1) is 0 Å². The average Bonchev–Trinajstić information content (AvgIpc) is 2.37. The summed E-state index contributed by atoms with van der Waals surface area (Å²) in [5, 5.41) is 7.57. The van der Waals surface area contributed by atoms with Gasteiger partial charge >= 0.3 is 0 Å². The molecule has 2 heterocycles. The summed E-state index contributed by atoms with van der Waals surface area (Å²) in [6.07, 6.45) is 4.10. The smallest absolute Gasteiger partial charge is 0.282 e. The number of nitrogens with one attached hydrogen (secondary N) is 1. The molecule has 18 heavy (non-hydrogen) atoms. The Morgan fingerprint density at radius 3 is 3.11 bits per heavy atom. The Morgan fingerprint density at radius 1 is 1.61 bits per heavy atom. The summed E-state index contributed by atoms with van der Waals surface area (Å²) in [7, 11) is 1.66. The van der Waals surface area contributed by atoms with E-state index in [9.17, 15) is 4.79 Å². The standard InChI is InChI=1S/C12H19BrN4O/c1-3-14-9-5-4-6-17(8-9)10-7-15-16(2)12(18)11(10)13/h7,9,14H,3-6,8H2,1-2H3. The second kappa shape index (κ2) is 5.84. The zero-order valence-corrected chi connectivity index (χ0v) is 12.4. The van der Waals surface area contributed by atoms with E-state index in [1.807, 2.05) is 0 Å². The molecular formula is C12H19BrN4O. The molecule has 0 spiro atoms. The summed E-state index contributed by atoms with van der Waals surface area (Å²) in [5.41, 5.74) is 0.818. The maximum atomic E-state index is 11.9. The van der Waals surface area contributed by atoms with Crippen LogP contribution in [0, 0.1) is 0 Å². The minimum atomic E-state index is -0.0851. The van der Waals surface area contributed by atoms with Gasteiger partial charge in [0.15, 0.2) is 0 Å². The number of halogens is 1. The Balaban J connectivity index is 2.21. The van der Waals surface area contributed by atoms with Crippen molar-refractivity contribution in [3.63, 3.8) is 0 Å². The number of anilines is 1. The normalized spacial score (nSPS) is 20.2. The topological polar surface area (TPSA) is 50.2 Å². The fourth-order valence-corrected chi connectivity index (χ4v) is 2.98. The first-order valence-corrected chi connectivity index (χ1v) is 7.13. The highest BCUT2D eigenvalue weighted by atomic mass is 79.9. The summed E-state index contributed by atoms with van der Waals surface area (Å²) < 4.78 is 1.96. The van der Waals surface area contributed by atoms with Gasteiger partial charge in [-0.25, -0.2) is 4.68 Å². The van der Waals surface area contributed by atoms with Crippen LogP contribution in [-0.2, 0) is 7.05 Å². The highest BCUT2D eigenvalue weighted by Gasteiger charge is 2.22. The molecule has 0 amide bonds. The van der Waals surface area contributed by atoms with Gasteiger partial charge in [0.25, 0.3) is 5.56 Å². The van der Waals surface area contributed by atoms with Gasteiger partial charge in [-0.05, 0) is 35.3 Å². The number of aryl methyl sites for hydroxylation is 1. The van der Waals surface area contributed by atoms with E-state index >= 15 is 0 Å². The van der Waals surface area contributed by atoms with Crippen LogP contribution in [0.3, 0.4) is 0 Å². The second-order valence-electron chi connectivity index (χ2n) is 4.62.